The van der Waals surface area contributed by atoms with E-state index in [9.17, 15) is 22.8 Å². The van der Waals surface area contributed by atoms with Gasteiger partial charge in [-0.3, -0.25) is 9.59 Å². The summed E-state index contributed by atoms with van der Waals surface area (Å²) in [5.41, 5.74) is -0.444. The van der Waals surface area contributed by atoms with Gasteiger partial charge in [-0.25, -0.2) is 0 Å². The van der Waals surface area contributed by atoms with Crippen molar-refractivity contribution in [3.8, 4) is 0 Å². The number of thiophene rings is 1. The van der Waals surface area contributed by atoms with Crippen molar-refractivity contribution in [1.82, 2.24) is 4.90 Å². The molecule has 0 aliphatic rings. The minimum absolute atomic E-state index is 0.138. The molecule has 1 aromatic rings. The summed E-state index contributed by atoms with van der Waals surface area (Å²) >= 11 is 0.438. The van der Waals surface area contributed by atoms with Crippen molar-refractivity contribution >= 4 is 23.2 Å². The molecule has 0 unspecified atom stereocenters. The highest BCUT2D eigenvalue weighted by atomic mass is 32.1. The first kappa shape index (κ1) is 14.5. The van der Waals surface area contributed by atoms with Crippen molar-refractivity contribution in [3.05, 3.63) is 21.9 Å². The molecule has 0 aliphatic heterocycles. The zero-order valence-corrected chi connectivity index (χ0v) is 10.1. The molecule has 1 aromatic heterocycles. The number of nitrogens with zero attached hydrogens (tertiary/aromatic N) is 1. The molecule has 18 heavy (non-hydrogen) atoms. The van der Waals surface area contributed by atoms with Crippen LogP contribution in [-0.4, -0.2) is 35.5 Å². The highest BCUT2D eigenvalue weighted by Crippen LogP contribution is 2.36. The number of carbonyl (C=O) groups excluding carboxylic acids is 1. The zero-order valence-electron chi connectivity index (χ0n) is 9.32. The summed E-state index contributed by atoms with van der Waals surface area (Å²) in [4.78, 5) is 22.0. The molecule has 0 saturated heterocycles. The van der Waals surface area contributed by atoms with Crippen LogP contribution in [0.2, 0.25) is 0 Å². The van der Waals surface area contributed by atoms with Gasteiger partial charge in [-0.05, 0) is 11.4 Å². The first-order valence-electron chi connectivity index (χ1n) is 4.85. The molecule has 0 saturated carbocycles. The molecular weight excluding hydrogens is 271 g/mol. The Labute approximate surface area is 105 Å². The second-order valence-corrected chi connectivity index (χ2v) is 4.45. The largest absolute Gasteiger partial charge is 0.481 e. The number of rotatable bonds is 4. The lowest BCUT2D eigenvalue weighted by Gasteiger charge is -2.16. The average Bonchev–Trinajstić information content (AvgIpc) is 2.72. The first-order chi connectivity index (χ1) is 8.23. The molecule has 100 valence electrons. The van der Waals surface area contributed by atoms with Gasteiger partial charge in [0.15, 0.2) is 0 Å². The molecule has 0 radical (unpaired) electrons. The first-order valence-corrected chi connectivity index (χ1v) is 5.73. The molecule has 0 aromatic carbocycles. The molecule has 1 N–H and O–H groups in total. The van der Waals surface area contributed by atoms with Gasteiger partial charge in [0.2, 0.25) is 0 Å². The standard InChI is InChI=1S/C10H10F3NO3S/c1-14(4-2-7(15)16)9(17)6-3-5-18-8(6)10(11,12)13/h3,5H,2,4H2,1H3,(H,15,16). The van der Waals surface area contributed by atoms with Crippen LogP contribution in [0.15, 0.2) is 11.4 Å². The van der Waals surface area contributed by atoms with Crippen molar-refractivity contribution in [2.45, 2.75) is 12.6 Å². The van der Waals surface area contributed by atoms with Crippen LogP contribution in [0.25, 0.3) is 0 Å². The Bertz CT molecular complexity index is 455. The second kappa shape index (κ2) is 5.38. The molecule has 0 bridgehead atoms. The number of carboxylic acid groups (broad SMARTS) is 1. The van der Waals surface area contributed by atoms with Gasteiger partial charge in [0.25, 0.3) is 5.91 Å². The molecule has 0 spiro atoms. The summed E-state index contributed by atoms with van der Waals surface area (Å²) in [5, 5.41) is 9.62. The van der Waals surface area contributed by atoms with E-state index in [1.165, 1.54) is 12.4 Å². The number of carbonyl (C=O) groups is 2. The van der Waals surface area contributed by atoms with Gasteiger partial charge in [0, 0.05) is 13.6 Å². The molecule has 0 atom stereocenters. The third kappa shape index (κ3) is 3.46. The maximum atomic E-state index is 12.6. The second-order valence-electron chi connectivity index (χ2n) is 3.53. The van der Waals surface area contributed by atoms with Gasteiger partial charge >= 0.3 is 12.1 Å². The quantitative estimate of drug-likeness (QED) is 0.921. The van der Waals surface area contributed by atoms with Crippen LogP contribution < -0.4 is 0 Å². The van der Waals surface area contributed by atoms with E-state index in [4.69, 9.17) is 5.11 Å². The predicted molar refractivity (Wildman–Crippen MR) is 58.5 cm³/mol. The van der Waals surface area contributed by atoms with Gasteiger partial charge in [-0.2, -0.15) is 13.2 Å². The van der Waals surface area contributed by atoms with Gasteiger partial charge < -0.3 is 10.0 Å². The van der Waals surface area contributed by atoms with E-state index in [2.05, 4.69) is 0 Å². The number of hydrogen-bond donors (Lipinski definition) is 1. The lowest BCUT2D eigenvalue weighted by atomic mass is 10.2. The lowest BCUT2D eigenvalue weighted by molar-refractivity contribution is -0.137. The predicted octanol–water partition coefficient (Wildman–Crippen LogP) is 2.31. The van der Waals surface area contributed by atoms with Crippen molar-refractivity contribution in [1.29, 1.82) is 0 Å². The van der Waals surface area contributed by atoms with Gasteiger partial charge in [-0.1, -0.05) is 0 Å². The number of amides is 1. The van der Waals surface area contributed by atoms with E-state index in [1.807, 2.05) is 0 Å². The van der Waals surface area contributed by atoms with Crippen molar-refractivity contribution < 1.29 is 27.9 Å². The number of halogens is 3. The minimum atomic E-state index is -4.58. The molecule has 4 nitrogen and oxygen atoms in total. The van der Waals surface area contributed by atoms with E-state index >= 15 is 0 Å². The Kier molecular flexibility index (Phi) is 4.33. The Morgan fingerprint density at radius 3 is 2.56 bits per heavy atom. The fourth-order valence-corrected chi connectivity index (χ4v) is 2.02. The van der Waals surface area contributed by atoms with E-state index in [-0.39, 0.29) is 13.0 Å². The highest BCUT2D eigenvalue weighted by Gasteiger charge is 2.37. The third-order valence-electron chi connectivity index (χ3n) is 2.16. The summed E-state index contributed by atoms with van der Waals surface area (Å²) in [6, 6.07) is 1.09. The van der Waals surface area contributed by atoms with Crippen LogP contribution in [0.4, 0.5) is 13.2 Å². The maximum absolute atomic E-state index is 12.6. The van der Waals surface area contributed by atoms with Crippen LogP contribution in [0.3, 0.4) is 0 Å². The Balaban J connectivity index is 2.85. The number of alkyl halides is 3. The van der Waals surface area contributed by atoms with Crippen LogP contribution in [0.5, 0.6) is 0 Å². The van der Waals surface area contributed by atoms with E-state index in [0.29, 0.717) is 11.3 Å². The van der Waals surface area contributed by atoms with Crippen LogP contribution >= 0.6 is 11.3 Å². The molecule has 0 aliphatic carbocycles. The van der Waals surface area contributed by atoms with Gasteiger partial charge in [-0.15, -0.1) is 11.3 Å². The topological polar surface area (TPSA) is 57.6 Å². The number of carboxylic acids is 1. The fraction of sp³-hybridized carbons (Fsp3) is 0.400. The summed E-state index contributed by atoms with van der Waals surface area (Å²) in [7, 11) is 1.27. The summed E-state index contributed by atoms with van der Waals surface area (Å²) < 4.78 is 37.7. The van der Waals surface area contributed by atoms with E-state index in [0.717, 1.165) is 11.0 Å². The SMILES string of the molecule is CN(CCC(=O)O)C(=O)c1ccsc1C(F)(F)F. The Morgan fingerprint density at radius 2 is 2.06 bits per heavy atom. The maximum Gasteiger partial charge on any atom is 0.426 e. The lowest BCUT2D eigenvalue weighted by Crippen LogP contribution is -2.30. The average molecular weight is 281 g/mol. The molecular formula is C10H10F3NO3S. The third-order valence-corrected chi connectivity index (χ3v) is 3.12. The highest BCUT2D eigenvalue weighted by molar-refractivity contribution is 7.10. The molecule has 0 fully saturated rings. The number of hydrogen-bond acceptors (Lipinski definition) is 3. The summed E-state index contributed by atoms with van der Waals surface area (Å²) in [6.07, 6.45) is -4.89. The molecule has 1 amide bonds. The smallest absolute Gasteiger partial charge is 0.426 e. The zero-order chi connectivity index (χ0) is 13.9. The van der Waals surface area contributed by atoms with Crippen molar-refractivity contribution in [3.63, 3.8) is 0 Å². The molecule has 1 heterocycles. The fourth-order valence-electron chi connectivity index (χ4n) is 1.27. The minimum Gasteiger partial charge on any atom is -0.481 e. The van der Waals surface area contributed by atoms with E-state index < -0.39 is 28.5 Å². The molecule has 1 rings (SSSR count). The van der Waals surface area contributed by atoms with E-state index in [1.54, 1.807) is 0 Å². The van der Waals surface area contributed by atoms with Crippen molar-refractivity contribution in [2.75, 3.05) is 13.6 Å². The van der Waals surface area contributed by atoms with Crippen LogP contribution in [0, 0.1) is 0 Å². The number of aliphatic carboxylic acids is 1. The normalized spacial score (nSPS) is 11.3. The summed E-state index contributed by atoms with van der Waals surface area (Å²) in [6.45, 7) is -0.138. The van der Waals surface area contributed by atoms with Crippen LogP contribution in [-0.2, 0) is 11.0 Å². The van der Waals surface area contributed by atoms with Crippen LogP contribution in [0.1, 0.15) is 21.7 Å². The summed E-state index contributed by atoms with van der Waals surface area (Å²) in [5.74, 6) is -1.94. The Hall–Kier alpha value is -1.57. The molecule has 8 heteroatoms. The van der Waals surface area contributed by atoms with Gasteiger partial charge in [0.1, 0.15) is 4.88 Å². The Morgan fingerprint density at radius 1 is 1.44 bits per heavy atom. The van der Waals surface area contributed by atoms with Gasteiger partial charge in [0.05, 0.1) is 12.0 Å². The monoisotopic (exact) mass is 281 g/mol. The van der Waals surface area contributed by atoms with Crippen molar-refractivity contribution in [2.24, 2.45) is 0 Å².